The van der Waals surface area contributed by atoms with E-state index in [-0.39, 0.29) is 6.10 Å². The molecule has 0 spiro atoms. The molecule has 4 nitrogen and oxygen atoms in total. The van der Waals surface area contributed by atoms with Crippen LogP contribution >= 0.6 is 15.9 Å². The molecular formula is C15H26BrN3O. The molecule has 0 unspecified atom stereocenters. The number of pyridine rings is 1. The van der Waals surface area contributed by atoms with Gasteiger partial charge in [0.15, 0.2) is 0 Å². The summed E-state index contributed by atoms with van der Waals surface area (Å²) in [5.41, 5.74) is 1.19. The Bertz CT molecular complexity index is 410. The van der Waals surface area contributed by atoms with Gasteiger partial charge in [0.25, 0.3) is 0 Å². The van der Waals surface area contributed by atoms with E-state index in [0.29, 0.717) is 12.6 Å². The van der Waals surface area contributed by atoms with Crippen molar-refractivity contribution in [3.63, 3.8) is 0 Å². The molecule has 0 fully saturated rings. The fraction of sp³-hybridized carbons (Fsp3) is 0.667. The predicted octanol–water partition coefficient (Wildman–Crippen LogP) is 3.20. The summed E-state index contributed by atoms with van der Waals surface area (Å²) in [4.78, 5) is 6.68. The number of hydrogen-bond donors (Lipinski definition) is 1. The smallest absolute Gasteiger partial charge is 0.132 e. The molecule has 0 atom stereocenters. The van der Waals surface area contributed by atoms with Crippen molar-refractivity contribution in [2.75, 3.05) is 25.1 Å². The van der Waals surface area contributed by atoms with Gasteiger partial charge >= 0.3 is 0 Å². The Labute approximate surface area is 131 Å². The molecule has 0 aliphatic heterocycles. The predicted molar refractivity (Wildman–Crippen MR) is 88.3 cm³/mol. The zero-order valence-electron chi connectivity index (χ0n) is 13.1. The average Bonchev–Trinajstić information content (AvgIpc) is 2.35. The fourth-order valence-corrected chi connectivity index (χ4v) is 2.17. The molecule has 1 N–H and O–H groups in total. The van der Waals surface area contributed by atoms with E-state index in [4.69, 9.17) is 4.74 Å². The molecule has 0 aliphatic rings. The van der Waals surface area contributed by atoms with Gasteiger partial charge in [-0.25, -0.2) is 4.98 Å². The van der Waals surface area contributed by atoms with Crippen LogP contribution in [0.3, 0.4) is 0 Å². The number of hydrogen-bond acceptors (Lipinski definition) is 4. The van der Waals surface area contributed by atoms with Crippen molar-refractivity contribution >= 4 is 21.7 Å². The van der Waals surface area contributed by atoms with E-state index < -0.39 is 0 Å². The van der Waals surface area contributed by atoms with Crippen molar-refractivity contribution in [1.82, 2.24) is 10.3 Å². The minimum Gasteiger partial charge on any atom is -0.377 e. The lowest BCUT2D eigenvalue weighted by Gasteiger charge is -2.22. The van der Waals surface area contributed by atoms with Gasteiger partial charge in [-0.05, 0) is 35.8 Å². The van der Waals surface area contributed by atoms with Crippen molar-refractivity contribution in [2.24, 2.45) is 0 Å². The van der Waals surface area contributed by atoms with Crippen LogP contribution in [0.2, 0.25) is 0 Å². The summed E-state index contributed by atoms with van der Waals surface area (Å²) in [5, 5.41) is 3.44. The van der Waals surface area contributed by atoms with Crippen molar-refractivity contribution < 1.29 is 4.74 Å². The van der Waals surface area contributed by atoms with E-state index >= 15 is 0 Å². The molecule has 1 rings (SSSR count). The second-order valence-corrected chi connectivity index (χ2v) is 6.43. The number of nitrogens with zero attached hydrogens (tertiary/aromatic N) is 2. The highest BCUT2D eigenvalue weighted by molar-refractivity contribution is 9.10. The highest BCUT2D eigenvalue weighted by Crippen LogP contribution is 2.20. The molecule has 1 aromatic rings. The van der Waals surface area contributed by atoms with E-state index in [0.717, 1.165) is 23.4 Å². The monoisotopic (exact) mass is 343 g/mol. The topological polar surface area (TPSA) is 37.4 Å². The highest BCUT2D eigenvalue weighted by atomic mass is 79.9. The molecule has 0 radical (unpaired) electrons. The van der Waals surface area contributed by atoms with Crippen molar-refractivity contribution in [3.8, 4) is 0 Å². The van der Waals surface area contributed by atoms with Crippen molar-refractivity contribution in [2.45, 2.75) is 46.4 Å². The van der Waals surface area contributed by atoms with Gasteiger partial charge in [0.1, 0.15) is 5.82 Å². The van der Waals surface area contributed by atoms with Crippen LogP contribution in [0, 0.1) is 0 Å². The number of halogens is 1. The first-order valence-electron chi connectivity index (χ1n) is 7.10. The molecule has 5 heteroatoms. The van der Waals surface area contributed by atoms with E-state index in [9.17, 15) is 0 Å². The standard InChI is InChI=1S/C15H26BrN3O/c1-11(2)17-9-13-8-14(16)10-18-15(13)19(5)6-7-20-12(3)4/h8,10-12,17H,6-7,9H2,1-5H3. The molecule has 0 bridgehead atoms. The van der Waals surface area contributed by atoms with Crippen molar-refractivity contribution in [3.05, 3.63) is 22.3 Å². The Balaban J connectivity index is 2.71. The van der Waals surface area contributed by atoms with Gasteiger partial charge in [0.2, 0.25) is 0 Å². The molecule has 1 aromatic heterocycles. The second-order valence-electron chi connectivity index (χ2n) is 5.51. The number of anilines is 1. The van der Waals surface area contributed by atoms with E-state index in [2.05, 4.69) is 71.9 Å². The number of nitrogens with one attached hydrogen (secondary N) is 1. The van der Waals surface area contributed by atoms with Gasteiger partial charge in [-0.15, -0.1) is 0 Å². The van der Waals surface area contributed by atoms with Crippen LogP contribution in [0.25, 0.3) is 0 Å². The van der Waals surface area contributed by atoms with Crippen molar-refractivity contribution in [1.29, 1.82) is 0 Å². The first-order valence-corrected chi connectivity index (χ1v) is 7.90. The lowest BCUT2D eigenvalue weighted by Crippen LogP contribution is -2.28. The van der Waals surface area contributed by atoms with E-state index in [1.807, 2.05) is 6.20 Å². The van der Waals surface area contributed by atoms with Gasteiger partial charge in [-0.2, -0.15) is 0 Å². The first-order chi connectivity index (χ1) is 9.40. The summed E-state index contributed by atoms with van der Waals surface area (Å²) in [5.74, 6) is 1.01. The lowest BCUT2D eigenvalue weighted by atomic mass is 10.2. The molecule has 1 heterocycles. The average molecular weight is 344 g/mol. The third-order valence-corrected chi connectivity index (χ3v) is 3.28. The third kappa shape index (κ3) is 6.20. The Kier molecular flexibility index (Phi) is 7.48. The highest BCUT2D eigenvalue weighted by Gasteiger charge is 2.10. The lowest BCUT2D eigenvalue weighted by molar-refractivity contribution is 0.0845. The van der Waals surface area contributed by atoms with Crippen LogP contribution in [-0.4, -0.2) is 37.3 Å². The second kappa shape index (κ2) is 8.60. The van der Waals surface area contributed by atoms with Crippen LogP contribution in [0.5, 0.6) is 0 Å². The molecule has 0 aromatic carbocycles. The largest absolute Gasteiger partial charge is 0.377 e. The van der Waals surface area contributed by atoms with Crippen LogP contribution in [-0.2, 0) is 11.3 Å². The normalized spacial score (nSPS) is 11.4. The fourth-order valence-electron chi connectivity index (χ4n) is 1.79. The number of aromatic nitrogens is 1. The number of likely N-dealkylation sites (N-methyl/N-ethyl adjacent to an activating group) is 1. The molecule has 0 aliphatic carbocycles. The minimum atomic E-state index is 0.267. The zero-order chi connectivity index (χ0) is 15.1. The maximum absolute atomic E-state index is 5.60. The molecule has 0 saturated heterocycles. The Morgan fingerprint density at radius 2 is 2.05 bits per heavy atom. The molecule has 114 valence electrons. The van der Waals surface area contributed by atoms with Crippen LogP contribution in [0.1, 0.15) is 33.3 Å². The Morgan fingerprint density at radius 3 is 2.65 bits per heavy atom. The van der Waals surface area contributed by atoms with Gasteiger partial charge in [0.05, 0.1) is 12.7 Å². The van der Waals surface area contributed by atoms with Gasteiger partial charge in [-0.1, -0.05) is 13.8 Å². The van der Waals surface area contributed by atoms with Crippen LogP contribution in [0.15, 0.2) is 16.7 Å². The molecule has 20 heavy (non-hydrogen) atoms. The maximum atomic E-state index is 5.60. The number of ether oxygens (including phenoxy) is 1. The summed E-state index contributed by atoms with van der Waals surface area (Å²) in [6, 6.07) is 2.58. The SMILES string of the molecule is CC(C)NCc1cc(Br)cnc1N(C)CCOC(C)C. The summed E-state index contributed by atoms with van der Waals surface area (Å²) in [7, 11) is 2.05. The maximum Gasteiger partial charge on any atom is 0.132 e. The minimum absolute atomic E-state index is 0.267. The third-order valence-electron chi connectivity index (χ3n) is 2.85. The van der Waals surface area contributed by atoms with Gasteiger partial charge < -0.3 is 15.0 Å². The first kappa shape index (κ1) is 17.4. The zero-order valence-corrected chi connectivity index (χ0v) is 14.7. The summed E-state index contributed by atoms with van der Waals surface area (Å²) < 4.78 is 6.61. The summed E-state index contributed by atoms with van der Waals surface area (Å²) in [6.45, 7) is 10.8. The Hall–Kier alpha value is -0.650. The van der Waals surface area contributed by atoms with Gasteiger partial charge in [-0.3, -0.25) is 0 Å². The van der Waals surface area contributed by atoms with E-state index in [1.54, 1.807) is 0 Å². The van der Waals surface area contributed by atoms with Gasteiger partial charge in [0, 0.05) is 42.4 Å². The number of rotatable bonds is 8. The Morgan fingerprint density at radius 1 is 1.35 bits per heavy atom. The van der Waals surface area contributed by atoms with Crippen LogP contribution < -0.4 is 10.2 Å². The van der Waals surface area contributed by atoms with E-state index in [1.165, 1.54) is 5.56 Å². The molecule has 0 amide bonds. The molecule has 0 saturated carbocycles. The van der Waals surface area contributed by atoms with Crippen LogP contribution in [0.4, 0.5) is 5.82 Å². The quantitative estimate of drug-likeness (QED) is 0.786. The summed E-state index contributed by atoms with van der Waals surface area (Å²) in [6.07, 6.45) is 2.11. The summed E-state index contributed by atoms with van der Waals surface area (Å²) >= 11 is 3.49. The molecular weight excluding hydrogens is 318 g/mol.